The van der Waals surface area contributed by atoms with Gasteiger partial charge in [0.2, 0.25) is 5.91 Å². The number of hydrogen-bond donors (Lipinski definition) is 3. The van der Waals surface area contributed by atoms with Crippen molar-refractivity contribution in [2.24, 2.45) is 0 Å². The Kier molecular flexibility index (Phi) is 6.46. The van der Waals surface area contributed by atoms with Crippen LogP contribution in [0.2, 0.25) is 0 Å². The molecule has 0 radical (unpaired) electrons. The van der Waals surface area contributed by atoms with Crippen molar-refractivity contribution in [1.29, 1.82) is 0 Å². The number of nitrogens with one attached hydrogen (secondary N) is 3. The zero-order valence-corrected chi connectivity index (χ0v) is 15.7. The van der Waals surface area contributed by atoms with E-state index in [1.807, 2.05) is 48.5 Å². The van der Waals surface area contributed by atoms with E-state index >= 15 is 0 Å². The number of rotatable bonds is 5. The molecular weight excluding hydrogens is 362 g/mol. The summed E-state index contributed by atoms with van der Waals surface area (Å²) in [6, 6.07) is 24.3. The van der Waals surface area contributed by atoms with Crippen LogP contribution >= 0.6 is 24.0 Å². The highest BCUT2D eigenvalue weighted by Gasteiger charge is 2.04. The number of carbonyl (C=O) groups is 1. The number of hydrogen-bond acceptors (Lipinski definition) is 3. The monoisotopic (exact) mass is 381 g/mol. The predicted octanol–water partition coefficient (Wildman–Crippen LogP) is 3.63. The van der Waals surface area contributed by atoms with Gasteiger partial charge in [-0.25, -0.2) is 0 Å². The Morgan fingerprint density at radius 2 is 1.62 bits per heavy atom. The first-order valence-corrected chi connectivity index (χ1v) is 9.58. The van der Waals surface area contributed by atoms with Crippen molar-refractivity contribution in [1.82, 2.24) is 16.2 Å². The summed E-state index contributed by atoms with van der Waals surface area (Å²) in [5.74, 6) is 0.180. The van der Waals surface area contributed by atoms with Crippen LogP contribution < -0.4 is 16.2 Å². The molecule has 0 saturated heterocycles. The van der Waals surface area contributed by atoms with Gasteiger partial charge >= 0.3 is 0 Å². The largest absolute Gasteiger partial charge is 0.357 e. The summed E-state index contributed by atoms with van der Waals surface area (Å²) in [5.41, 5.74) is 6.46. The summed E-state index contributed by atoms with van der Waals surface area (Å²) in [7, 11) is 0. The van der Waals surface area contributed by atoms with Crippen molar-refractivity contribution >= 4 is 45.8 Å². The minimum Gasteiger partial charge on any atom is -0.357 e. The van der Waals surface area contributed by atoms with Gasteiger partial charge in [0.25, 0.3) is 0 Å². The van der Waals surface area contributed by atoms with E-state index in [9.17, 15) is 4.79 Å². The molecule has 0 spiro atoms. The molecule has 3 rings (SSSR count). The number of thiocarbonyl (C=S) groups is 1. The third-order valence-corrected chi connectivity index (χ3v) is 4.94. The molecule has 132 valence electrons. The fraction of sp³-hybridized carbons (Fsp3) is 0.100. The van der Waals surface area contributed by atoms with Crippen LogP contribution in [0.3, 0.4) is 0 Å². The van der Waals surface area contributed by atoms with Crippen LogP contribution in [-0.4, -0.2) is 16.8 Å². The first-order chi connectivity index (χ1) is 12.7. The van der Waals surface area contributed by atoms with E-state index in [0.29, 0.717) is 17.4 Å². The van der Waals surface area contributed by atoms with Crippen molar-refractivity contribution < 1.29 is 4.79 Å². The number of fused-ring (bicyclic) bond motifs is 1. The van der Waals surface area contributed by atoms with E-state index in [4.69, 9.17) is 12.2 Å². The number of benzene rings is 3. The Balaban J connectivity index is 1.40. The van der Waals surface area contributed by atoms with E-state index < -0.39 is 0 Å². The van der Waals surface area contributed by atoms with Gasteiger partial charge in [0, 0.05) is 11.4 Å². The van der Waals surface area contributed by atoms with Crippen molar-refractivity contribution in [3.8, 4) is 0 Å². The lowest BCUT2D eigenvalue weighted by atomic mass is 10.1. The van der Waals surface area contributed by atoms with Gasteiger partial charge in [-0.3, -0.25) is 15.6 Å². The molecule has 3 aromatic rings. The normalized spacial score (nSPS) is 10.3. The van der Waals surface area contributed by atoms with E-state index in [1.165, 1.54) is 22.5 Å². The van der Waals surface area contributed by atoms with Gasteiger partial charge < -0.3 is 5.32 Å². The lowest BCUT2D eigenvalue weighted by molar-refractivity contribution is -0.119. The maximum absolute atomic E-state index is 12.0. The van der Waals surface area contributed by atoms with Crippen LogP contribution in [0, 0.1) is 0 Å². The highest BCUT2D eigenvalue weighted by Crippen LogP contribution is 2.23. The van der Waals surface area contributed by atoms with Crippen molar-refractivity contribution in [3.63, 3.8) is 0 Å². The van der Waals surface area contributed by atoms with Crippen molar-refractivity contribution in [2.75, 3.05) is 5.75 Å². The maximum Gasteiger partial charge on any atom is 0.248 e. The highest BCUT2D eigenvalue weighted by molar-refractivity contribution is 8.00. The molecule has 0 aliphatic rings. The summed E-state index contributed by atoms with van der Waals surface area (Å²) in [6.45, 7) is 0.606. The predicted molar refractivity (Wildman–Crippen MR) is 112 cm³/mol. The molecule has 0 saturated carbocycles. The third kappa shape index (κ3) is 5.47. The Morgan fingerprint density at radius 3 is 2.42 bits per heavy atom. The second kappa shape index (κ2) is 9.22. The van der Waals surface area contributed by atoms with E-state index in [2.05, 4.69) is 40.4 Å². The summed E-state index contributed by atoms with van der Waals surface area (Å²) in [4.78, 5) is 13.0. The molecule has 6 heteroatoms. The maximum atomic E-state index is 12.0. The van der Waals surface area contributed by atoms with Crippen LogP contribution in [-0.2, 0) is 11.3 Å². The van der Waals surface area contributed by atoms with E-state index in [0.717, 1.165) is 10.5 Å². The van der Waals surface area contributed by atoms with Gasteiger partial charge in [-0.15, -0.1) is 11.8 Å². The summed E-state index contributed by atoms with van der Waals surface area (Å²) in [6.07, 6.45) is 0. The molecule has 0 aliphatic heterocycles. The highest BCUT2D eigenvalue weighted by atomic mass is 32.2. The van der Waals surface area contributed by atoms with Crippen LogP contribution in [0.1, 0.15) is 5.56 Å². The lowest BCUT2D eigenvalue weighted by Crippen LogP contribution is -2.47. The smallest absolute Gasteiger partial charge is 0.248 e. The molecule has 0 unspecified atom stereocenters. The molecule has 3 N–H and O–H groups in total. The average Bonchev–Trinajstić information content (AvgIpc) is 2.69. The van der Waals surface area contributed by atoms with Crippen molar-refractivity contribution in [2.45, 2.75) is 11.4 Å². The molecule has 0 aromatic heterocycles. The molecule has 3 aromatic carbocycles. The average molecular weight is 382 g/mol. The SMILES string of the molecule is O=C(CSc1ccc2ccccc2c1)NNC(=S)NCc1ccccc1. The van der Waals surface area contributed by atoms with Crippen LogP contribution in [0.15, 0.2) is 77.7 Å². The quantitative estimate of drug-likeness (QED) is 0.358. The standard InChI is InChI=1S/C20H19N3OS2/c24-19(22-23-20(25)21-13-15-6-2-1-3-7-15)14-26-18-11-10-16-8-4-5-9-17(16)12-18/h1-12H,13-14H2,(H,22,24)(H2,21,23,25). The molecule has 1 amide bonds. The number of thioether (sulfide) groups is 1. The van der Waals surface area contributed by atoms with E-state index in [1.54, 1.807) is 0 Å². The van der Waals surface area contributed by atoms with Crippen LogP contribution in [0.25, 0.3) is 10.8 Å². The first-order valence-electron chi connectivity index (χ1n) is 8.19. The Labute approximate surface area is 162 Å². The van der Waals surface area contributed by atoms with Crippen LogP contribution in [0.5, 0.6) is 0 Å². The van der Waals surface area contributed by atoms with E-state index in [-0.39, 0.29) is 5.91 Å². The van der Waals surface area contributed by atoms with Crippen LogP contribution in [0.4, 0.5) is 0 Å². The Bertz CT molecular complexity index is 900. The lowest BCUT2D eigenvalue weighted by Gasteiger charge is -2.11. The molecule has 4 nitrogen and oxygen atoms in total. The summed E-state index contributed by atoms with van der Waals surface area (Å²) in [5, 5.41) is 5.80. The second-order valence-corrected chi connectivity index (χ2v) is 7.10. The summed E-state index contributed by atoms with van der Waals surface area (Å²) < 4.78 is 0. The fourth-order valence-corrected chi connectivity index (χ4v) is 3.26. The van der Waals surface area contributed by atoms with Gasteiger partial charge in [0.05, 0.1) is 5.75 Å². The molecule has 0 heterocycles. The first kappa shape index (κ1) is 18.2. The zero-order chi connectivity index (χ0) is 18.2. The zero-order valence-electron chi connectivity index (χ0n) is 14.1. The fourth-order valence-electron chi connectivity index (χ4n) is 2.39. The van der Waals surface area contributed by atoms with Gasteiger partial charge in [-0.1, -0.05) is 60.7 Å². The molecule has 0 aliphatic carbocycles. The Morgan fingerprint density at radius 1 is 0.885 bits per heavy atom. The minimum absolute atomic E-state index is 0.132. The summed E-state index contributed by atoms with van der Waals surface area (Å²) >= 11 is 6.65. The molecule has 0 fully saturated rings. The second-order valence-electron chi connectivity index (χ2n) is 5.64. The molecule has 26 heavy (non-hydrogen) atoms. The van der Waals surface area contributed by atoms with Crippen molar-refractivity contribution in [3.05, 3.63) is 78.4 Å². The molecule has 0 atom stereocenters. The van der Waals surface area contributed by atoms with Gasteiger partial charge in [0.15, 0.2) is 5.11 Å². The molecular formula is C20H19N3OS2. The van der Waals surface area contributed by atoms with Gasteiger partial charge in [-0.05, 0) is 40.7 Å². The number of hydrazine groups is 1. The number of carbonyl (C=O) groups excluding carboxylic acids is 1. The number of amides is 1. The van der Waals surface area contributed by atoms with Gasteiger partial charge in [0.1, 0.15) is 0 Å². The molecule has 0 bridgehead atoms. The topological polar surface area (TPSA) is 53.2 Å². The Hall–Kier alpha value is -2.57. The third-order valence-electron chi connectivity index (χ3n) is 3.70. The van der Waals surface area contributed by atoms with Gasteiger partial charge in [-0.2, -0.15) is 0 Å². The minimum atomic E-state index is -0.132.